The van der Waals surface area contributed by atoms with Crippen LogP contribution in [-0.4, -0.2) is 84.2 Å². The van der Waals surface area contributed by atoms with E-state index in [1.807, 2.05) is 62.9 Å². The Hall–Kier alpha value is -3.27. The average Bonchev–Trinajstić information content (AvgIpc) is 3.22. The van der Waals surface area contributed by atoms with Crippen molar-refractivity contribution in [3.05, 3.63) is 59.9 Å². The highest BCUT2D eigenvalue weighted by Gasteiger charge is 2.25. The maximum atomic E-state index is 13.9. The van der Waals surface area contributed by atoms with E-state index in [1.54, 1.807) is 7.11 Å². The minimum absolute atomic E-state index is 0.00182. The lowest BCUT2D eigenvalue weighted by Crippen LogP contribution is -2.42. The number of carbonyl (C=O) groups is 2. The molecule has 0 spiro atoms. The molecule has 1 aliphatic heterocycles. The van der Waals surface area contributed by atoms with Crippen molar-refractivity contribution in [2.24, 2.45) is 0 Å². The van der Waals surface area contributed by atoms with Gasteiger partial charge in [-0.05, 0) is 44.0 Å². The van der Waals surface area contributed by atoms with Crippen LogP contribution >= 0.6 is 0 Å². The van der Waals surface area contributed by atoms with Gasteiger partial charge >= 0.3 is 0 Å². The smallest absolute Gasteiger partial charge is 0.252 e. The van der Waals surface area contributed by atoms with Gasteiger partial charge in [-0.3, -0.25) is 14.5 Å². The summed E-state index contributed by atoms with van der Waals surface area (Å²) in [5.74, 6) is 0.640. The summed E-state index contributed by atoms with van der Waals surface area (Å²) in [6.07, 6.45) is 0.831. The number of benzene rings is 2. The van der Waals surface area contributed by atoms with Crippen molar-refractivity contribution in [1.82, 2.24) is 19.4 Å². The molecule has 2 heterocycles. The molecule has 0 saturated carbocycles. The van der Waals surface area contributed by atoms with Crippen molar-refractivity contribution in [2.75, 3.05) is 51.9 Å². The van der Waals surface area contributed by atoms with Crippen LogP contribution in [0.4, 0.5) is 5.69 Å². The number of carbonyl (C=O) groups excluding carboxylic acids is 2. The van der Waals surface area contributed by atoms with E-state index in [9.17, 15) is 9.59 Å². The fourth-order valence-electron chi connectivity index (χ4n) is 5.07. The third-order valence-electron chi connectivity index (χ3n) is 7.08. The number of para-hydroxylation sites is 3. The summed E-state index contributed by atoms with van der Waals surface area (Å²) in [4.78, 5) is 37.8. The van der Waals surface area contributed by atoms with Crippen molar-refractivity contribution in [3.8, 4) is 0 Å². The largest absolute Gasteiger partial charge is 0.377 e. The van der Waals surface area contributed by atoms with Crippen LogP contribution in [0.25, 0.3) is 11.0 Å². The number of imidazole rings is 1. The van der Waals surface area contributed by atoms with Crippen LogP contribution in [0.5, 0.6) is 0 Å². The number of nitrogens with zero attached hydrogens (tertiary/aromatic N) is 5. The quantitative estimate of drug-likeness (QED) is 0.475. The summed E-state index contributed by atoms with van der Waals surface area (Å²) in [6.45, 7) is 8.02. The molecule has 2 amide bonds. The SMILES string of the molecule is COCC(=O)N1CCCN(C(C)C)CCN(C(=O)Cn2c(COC)nc3ccccc32)Cc2ccccc21. The highest BCUT2D eigenvalue weighted by atomic mass is 16.5. The van der Waals surface area contributed by atoms with Crippen molar-refractivity contribution < 1.29 is 19.1 Å². The van der Waals surface area contributed by atoms with E-state index in [1.165, 1.54) is 7.11 Å². The van der Waals surface area contributed by atoms with Gasteiger partial charge in [0.2, 0.25) is 5.91 Å². The molecule has 38 heavy (non-hydrogen) atoms. The number of rotatable bonds is 7. The van der Waals surface area contributed by atoms with Gasteiger partial charge in [-0.1, -0.05) is 30.3 Å². The summed E-state index contributed by atoms with van der Waals surface area (Å²) in [7, 11) is 3.17. The van der Waals surface area contributed by atoms with Crippen LogP contribution in [0.2, 0.25) is 0 Å². The summed E-state index contributed by atoms with van der Waals surface area (Å²) in [5.41, 5.74) is 3.52. The first-order chi connectivity index (χ1) is 18.4. The van der Waals surface area contributed by atoms with E-state index in [0.29, 0.717) is 32.3 Å². The number of amides is 2. The molecule has 0 fully saturated rings. The third-order valence-corrected chi connectivity index (χ3v) is 7.08. The predicted octanol–water partition coefficient (Wildman–Crippen LogP) is 3.31. The Morgan fingerprint density at radius 2 is 1.68 bits per heavy atom. The molecule has 2 aromatic carbocycles. The first-order valence-electron chi connectivity index (χ1n) is 13.2. The first kappa shape index (κ1) is 27.8. The highest BCUT2D eigenvalue weighted by molar-refractivity contribution is 5.95. The fraction of sp³-hybridized carbons (Fsp3) is 0.483. The summed E-state index contributed by atoms with van der Waals surface area (Å²) in [5, 5.41) is 0. The molecule has 9 nitrogen and oxygen atoms in total. The molecule has 0 bridgehead atoms. The molecular weight excluding hydrogens is 482 g/mol. The highest BCUT2D eigenvalue weighted by Crippen LogP contribution is 2.25. The number of aromatic nitrogens is 2. The number of methoxy groups -OCH3 is 2. The second kappa shape index (κ2) is 13.0. The average molecular weight is 522 g/mol. The zero-order chi connectivity index (χ0) is 27.1. The van der Waals surface area contributed by atoms with Crippen molar-refractivity contribution in [1.29, 1.82) is 0 Å². The third kappa shape index (κ3) is 6.40. The van der Waals surface area contributed by atoms with E-state index >= 15 is 0 Å². The summed E-state index contributed by atoms with van der Waals surface area (Å²) in [6, 6.07) is 16.0. The van der Waals surface area contributed by atoms with Gasteiger partial charge in [0.05, 0.1) is 11.0 Å². The molecule has 1 aliphatic rings. The lowest BCUT2D eigenvalue weighted by Gasteiger charge is -2.30. The van der Waals surface area contributed by atoms with E-state index in [4.69, 9.17) is 14.5 Å². The molecule has 0 atom stereocenters. The van der Waals surface area contributed by atoms with Crippen LogP contribution in [0.1, 0.15) is 31.7 Å². The molecule has 0 N–H and O–H groups in total. The van der Waals surface area contributed by atoms with Gasteiger partial charge < -0.3 is 23.8 Å². The van der Waals surface area contributed by atoms with Crippen LogP contribution < -0.4 is 4.90 Å². The van der Waals surface area contributed by atoms with Gasteiger partial charge in [-0.2, -0.15) is 0 Å². The number of ether oxygens (including phenoxy) is 2. The molecule has 1 aromatic heterocycles. The van der Waals surface area contributed by atoms with Crippen molar-refractivity contribution in [3.63, 3.8) is 0 Å². The maximum absolute atomic E-state index is 13.9. The second-order valence-electron chi connectivity index (χ2n) is 9.94. The second-order valence-corrected chi connectivity index (χ2v) is 9.94. The molecule has 0 aliphatic carbocycles. The Bertz CT molecular complexity index is 1240. The molecule has 204 valence electrons. The monoisotopic (exact) mass is 521 g/mol. The van der Waals surface area contributed by atoms with Gasteiger partial charge in [0.15, 0.2) is 0 Å². The van der Waals surface area contributed by atoms with Crippen LogP contribution in [0, 0.1) is 0 Å². The van der Waals surface area contributed by atoms with E-state index in [0.717, 1.165) is 47.6 Å². The molecule has 0 saturated heterocycles. The lowest BCUT2D eigenvalue weighted by atomic mass is 10.1. The van der Waals surface area contributed by atoms with Crippen molar-refractivity contribution in [2.45, 2.75) is 46.0 Å². The van der Waals surface area contributed by atoms with Gasteiger partial charge in [-0.25, -0.2) is 4.98 Å². The molecular formula is C29H39N5O4. The predicted molar refractivity (Wildman–Crippen MR) is 148 cm³/mol. The van der Waals surface area contributed by atoms with Crippen LogP contribution in [0.15, 0.2) is 48.5 Å². The summed E-state index contributed by atoms with van der Waals surface area (Å²) < 4.78 is 12.5. The Labute approximate surface area is 224 Å². The molecule has 0 radical (unpaired) electrons. The summed E-state index contributed by atoms with van der Waals surface area (Å²) >= 11 is 0. The number of hydrogen-bond donors (Lipinski definition) is 0. The standard InChI is InChI=1S/C29H39N5O4/c1-22(2)31-14-9-15-33(29(36)21-38-4)25-12-7-5-10-23(25)18-32(17-16-31)28(35)19-34-26-13-8-6-11-24(26)30-27(34)20-37-3/h5-8,10-13,22H,9,14-21H2,1-4H3. The Balaban J connectivity index is 1.69. The molecule has 0 unspecified atom stereocenters. The van der Waals surface area contributed by atoms with Gasteiger partial charge in [-0.15, -0.1) is 0 Å². The van der Waals surface area contributed by atoms with E-state index < -0.39 is 0 Å². The number of anilines is 1. The van der Waals surface area contributed by atoms with E-state index in [2.05, 4.69) is 18.7 Å². The molecule has 4 rings (SSSR count). The minimum Gasteiger partial charge on any atom is -0.377 e. The van der Waals surface area contributed by atoms with Gasteiger partial charge in [0.1, 0.15) is 25.6 Å². The Morgan fingerprint density at radius 3 is 2.45 bits per heavy atom. The topological polar surface area (TPSA) is 80.1 Å². The Morgan fingerprint density at radius 1 is 0.921 bits per heavy atom. The fourth-order valence-corrected chi connectivity index (χ4v) is 5.07. The zero-order valence-electron chi connectivity index (χ0n) is 22.9. The van der Waals surface area contributed by atoms with Gasteiger partial charge in [0.25, 0.3) is 5.91 Å². The van der Waals surface area contributed by atoms with Gasteiger partial charge in [0, 0.05) is 58.7 Å². The normalized spacial score (nSPS) is 15.5. The molecule has 9 heteroatoms. The Kier molecular flexibility index (Phi) is 9.49. The van der Waals surface area contributed by atoms with Crippen LogP contribution in [0.3, 0.4) is 0 Å². The zero-order valence-corrected chi connectivity index (χ0v) is 22.9. The van der Waals surface area contributed by atoms with Crippen LogP contribution in [-0.2, 0) is 38.8 Å². The first-order valence-corrected chi connectivity index (χ1v) is 13.2. The number of fused-ring (bicyclic) bond motifs is 2. The maximum Gasteiger partial charge on any atom is 0.252 e. The number of hydrogen-bond acceptors (Lipinski definition) is 6. The lowest BCUT2D eigenvalue weighted by molar-refractivity contribution is -0.132. The van der Waals surface area contributed by atoms with Crippen molar-refractivity contribution >= 4 is 28.5 Å². The van der Waals surface area contributed by atoms with E-state index in [-0.39, 0.29) is 25.0 Å². The minimum atomic E-state index is -0.0812. The molecule has 3 aromatic rings.